The van der Waals surface area contributed by atoms with Crippen LogP contribution in [0.3, 0.4) is 0 Å². The Hall–Kier alpha value is -1.31. The van der Waals surface area contributed by atoms with E-state index in [4.69, 9.17) is 18.9 Å². The summed E-state index contributed by atoms with van der Waals surface area (Å²) in [4.78, 5) is 12.0. The van der Waals surface area contributed by atoms with Crippen LogP contribution in [0.4, 0.5) is 0 Å². The Morgan fingerprint density at radius 3 is 2.32 bits per heavy atom. The van der Waals surface area contributed by atoms with E-state index in [9.17, 15) is 35.4 Å². The number of hydrogen-bond acceptors (Lipinski definition) is 11. The zero-order valence-corrected chi connectivity index (χ0v) is 15.4. The molecule has 0 aromatic heterocycles. The van der Waals surface area contributed by atoms with Crippen LogP contribution in [0.1, 0.15) is 6.92 Å². The van der Waals surface area contributed by atoms with Gasteiger partial charge in [-0.3, -0.25) is 0 Å². The van der Waals surface area contributed by atoms with Crippen LogP contribution in [0.25, 0.3) is 0 Å². The number of aliphatic hydroxyl groups is 6. The number of carbonyl (C=O) groups excluding carboxylic acids is 1. The van der Waals surface area contributed by atoms with E-state index in [2.05, 4.69) is 0 Å². The molecule has 28 heavy (non-hydrogen) atoms. The van der Waals surface area contributed by atoms with Gasteiger partial charge in [-0.05, 0) is 5.92 Å². The van der Waals surface area contributed by atoms with Gasteiger partial charge < -0.3 is 49.6 Å². The van der Waals surface area contributed by atoms with E-state index in [0.717, 1.165) is 6.26 Å². The largest absolute Gasteiger partial charge is 0.472 e. The van der Waals surface area contributed by atoms with Crippen LogP contribution in [-0.2, 0) is 23.7 Å². The van der Waals surface area contributed by atoms with Gasteiger partial charge in [0.15, 0.2) is 6.29 Å². The first kappa shape index (κ1) is 21.4. The molecule has 0 bridgehead atoms. The average molecular weight is 406 g/mol. The zero-order valence-electron chi connectivity index (χ0n) is 15.4. The van der Waals surface area contributed by atoms with Crippen LogP contribution >= 0.6 is 0 Å². The van der Waals surface area contributed by atoms with Crippen molar-refractivity contribution in [2.45, 2.75) is 56.1 Å². The molecule has 1 saturated carbocycles. The third-order valence-corrected chi connectivity index (χ3v) is 5.82. The first-order valence-electron chi connectivity index (χ1n) is 8.98. The molecule has 2 fully saturated rings. The minimum absolute atomic E-state index is 0.0389. The smallest absolute Gasteiger partial charge is 0.337 e. The number of esters is 1. The number of fused-ring (bicyclic) bond motifs is 1. The van der Waals surface area contributed by atoms with Crippen molar-refractivity contribution in [2.24, 2.45) is 17.8 Å². The first-order chi connectivity index (χ1) is 13.2. The first-order valence-corrected chi connectivity index (χ1v) is 8.98. The highest BCUT2D eigenvalue weighted by Gasteiger charge is 2.57. The topological polar surface area (TPSA) is 175 Å². The molecular weight excluding hydrogens is 380 g/mol. The van der Waals surface area contributed by atoms with Gasteiger partial charge in [0, 0.05) is 11.8 Å². The van der Waals surface area contributed by atoms with E-state index in [1.807, 2.05) is 0 Å². The van der Waals surface area contributed by atoms with Crippen LogP contribution in [-0.4, -0.2) is 99.5 Å². The number of hydrogen-bond donors (Lipinski definition) is 6. The Morgan fingerprint density at radius 2 is 1.71 bits per heavy atom. The molecule has 1 aliphatic carbocycles. The Bertz CT molecular complexity index is 608. The van der Waals surface area contributed by atoms with Crippen molar-refractivity contribution in [1.29, 1.82) is 0 Å². The van der Waals surface area contributed by atoms with E-state index in [-0.39, 0.29) is 5.57 Å². The van der Waals surface area contributed by atoms with Gasteiger partial charge in [0.05, 0.1) is 37.8 Å². The fourth-order valence-electron chi connectivity index (χ4n) is 4.16. The molecule has 0 amide bonds. The molecule has 0 radical (unpaired) electrons. The third kappa shape index (κ3) is 3.42. The number of ether oxygens (including phenoxy) is 4. The summed E-state index contributed by atoms with van der Waals surface area (Å²) in [7, 11) is 1.18. The van der Waals surface area contributed by atoms with E-state index in [0.29, 0.717) is 0 Å². The summed E-state index contributed by atoms with van der Waals surface area (Å²) in [6.45, 7) is 1.02. The maximum Gasteiger partial charge on any atom is 0.337 e. The summed E-state index contributed by atoms with van der Waals surface area (Å²) in [5.74, 6) is -2.82. The maximum atomic E-state index is 12.0. The Kier molecular flexibility index (Phi) is 6.27. The highest BCUT2D eigenvalue weighted by atomic mass is 16.8. The molecule has 0 spiro atoms. The summed E-state index contributed by atoms with van der Waals surface area (Å²) in [6, 6.07) is 0. The molecule has 6 N–H and O–H groups in total. The highest BCUT2D eigenvalue weighted by Crippen LogP contribution is 2.47. The number of methoxy groups -OCH3 is 1. The average Bonchev–Trinajstić information content (AvgIpc) is 2.92. The van der Waals surface area contributed by atoms with Gasteiger partial charge in [-0.1, -0.05) is 6.92 Å². The van der Waals surface area contributed by atoms with Gasteiger partial charge >= 0.3 is 5.97 Å². The normalized spacial score (nSPS) is 48.4. The lowest BCUT2D eigenvalue weighted by Gasteiger charge is -2.43. The fourth-order valence-corrected chi connectivity index (χ4v) is 4.16. The predicted molar refractivity (Wildman–Crippen MR) is 88.0 cm³/mol. The monoisotopic (exact) mass is 406 g/mol. The molecule has 0 aromatic carbocycles. The second kappa shape index (κ2) is 8.20. The van der Waals surface area contributed by atoms with Crippen molar-refractivity contribution in [1.82, 2.24) is 0 Å². The van der Waals surface area contributed by atoms with E-state index < -0.39 is 79.5 Å². The molecule has 1 saturated heterocycles. The molecule has 0 aromatic rings. The summed E-state index contributed by atoms with van der Waals surface area (Å²) < 4.78 is 21.1. The highest BCUT2D eigenvalue weighted by molar-refractivity contribution is 5.89. The van der Waals surface area contributed by atoms with E-state index in [1.54, 1.807) is 6.92 Å². The van der Waals surface area contributed by atoms with Gasteiger partial charge in [-0.25, -0.2) is 4.79 Å². The molecule has 11 atom stereocenters. The molecule has 2 heterocycles. The predicted octanol–water partition coefficient (Wildman–Crippen LogP) is -3.18. The van der Waals surface area contributed by atoms with Gasteiger partial charge in [-0.15, -0.1) is 0 Å². The van der Waals surface area contributed by atoms with Crippen LogP contribution in [0, 0.1) is 17.8 Å². The van der Waals surface area contributed by atoms with Crippen LogP contribution < -0.4 is 0 Å². The molecule has 160 valence electrons. The van der Waals surface area contributed by atoms with Gasteiger partial charge in [0.25, 0.3) is 0 Å². The molecule has 3 rings (SSSR count). The van der Waals surface area contributed by atoms with Crippen molar-refractivity contribution < 1.29 is 54.4 Å². The van der Waals surface area contributed by atoms with Crippen LogP contribution in [0.15, 0.2) is 11.8 Å². The summed E-state index contributed by atoms with van der Waals surface area (Å²) in [5, 5.41) is 59.9. The lowest BCUT2D eigenvalue weighted by molar-refractivity contribution is -0.343. The van der Waals surface area contributed by atoms with Crippen LogP contribution in [0.5, 0.6) is 0 Å². The van der Waals surface area contributed by atoms with Crippen molar-refractivity contribution in [3.63, 3.8) is 0 Å². The minimum Gasteiger partial charge on any atom is -0.472 e. The standard InChI is InChI=1S/C17H26O11/c1-5-8-9(12(21)10(5)19)6(15(24)25-2)4-26-16(8)28-17-14(23)13(22)11(20)7(3-18)27-17/h4-5,7-14,16-23H,3H2,1-2H3/t5-,7+,8+,9-,10+,11+,12+,13-,14+,16-,17-/m0/s1. The third-order valence-electron chi connectivity index (χ3n) is 5.82. The molecule has 0 unspecified atom stereocenters. The Labute approximate surface area is 160 Å². The van der Waals surface area contributed by atoms with E-state index >= 15 is 0 Å². The minimum atomic E-state index is -1.64. The van der Waals surface area contributed by atoms with Crippen LogP contribution in [0.2, 0.25) is 0 Å². The quantitative estimate of drug-likeness (QED) is 0.260. The molecule has 11 heteroatoms. The van der Waals surface area contributed by atoms with Gasteiger partial charge in [0.2, 0.25) is 6.29 Å². The molecule has 2 aliphatic heterocycles. The lowest BCUT2D eigenvalue weighted by atomic mass is 9.82. The van der Waals surface area contributed by atoms with Gasteiger partial charge in [-0.2, -0.15) is 0 Å². The molecule has 11 nitrogen and oxygen atoms in total. The Morgan fingerprint density at radius 1 is 1.04 bits per heavy atom. The zero-order chi connectivity index (χ0) is 20.7. The summed E-state index contributed by atoms with van der Waals surface area (Å²) in [5.41, 5.74) is 0.0389. The van der Waals surface area contributed by atoms with E-state index in [1.165, 1.54) is 7.11 Å². The molecule has 3 aliphatic rings. The van der Waals surface area contributed by atoms with Gasteiger partial charge in [0.1, 0.15) is 24.4 Å². The lowest BCUT2D eigenvalue weighted by Crippen LogP contribution is -2.60. The van der Waals surface area contributed by atoms with Crippen molar-refractivity contribution in [3.05, 3.63) is 11.8 Å². The maximum absolute atomic E-state index is 12.0. The summed E-state index contributed by atoms with van der Waals surface area (Å²) in [6.07, 6.45) is -9.96. The second-order valence-electron chi connectivity index (χ2n) is 7.35. The van der Waals surface area contributed by atoms with Crippen molar-refractivity contribution >= 4 is 5.97 Å². The number of rotatable bonds is 4. The van der Waals surface area contributed by atoms with Crippen molar-refractivity contribution in [3.8, 4) is 0 Å². The number of aliphatic hydroxyl groups excluding tert-OH is 6. The summed E-state index contributed by atoms with van der Waals surface area (Å²) >= 11 is 0. The molecular formula is C17H26O11. The Balaban J connectivity index is 1.84. The van der Waals surface area contributed by atoms with Crippen molar-refractivity contribution in [2.75, 3.05) is 13.7 Å². The SMILES string of the molecule is COC(=O)C1=CO[C@@H](O[C@@H]2O[C@H](CO)[C@@H](O)[C@H](O)[C@H]2O)[C@@H]2[C@H](C)[C@@H](O)[C@H](O)[C@@H]12. The number of carbonyl (C=O) groups is 1. The fraction of sp³-hybridized carbons (Fsp3) is 0.824. The second-order valence-corrected chi connectivity index (χ2v) is 7.35.